The van der Waals surface area contributed by atoms with Crippen LogP contribution < -0.4 is 0 Å². The van der Waals surface area contributed by atoms with Gasteiger partial charge in [-0.1, -0.05) is 18.0 Å². The minimum atomic E-state index is -0.693. The second-order valence-electron chi connectivity index (χ2n) is 8.05. The molecule has 2 heterocycles. The number of nitrogens with zero attached hydrogens (tertiary/aromatic N) is 2. The van der Waals surface area contributed by atoms with Crippen molar-refractivity contribution in [2.45, 2.75) is 25.8 Å². The lowest BCUT2D eigenvalue weighted by atomic mass is 9.81. The molecule has 3 aliphatic rings. The van der Waals surface area contributed by atoms with E-state index in [4.69, 9.17) is 11.6 Å². The zero-order valence-electron chi connectivity index (χ0n) is 14.3. The third kappa shape index (κ3) is 3.18. The summed E-state index contributed by atoms with van der Waals surface area (Å²) in [6, 6.07) is 4.37. The Morgan fingerprint density at radius 3 is 2.64 bits per heavy atom. The van der Waals surface area contributed by atoms with Gasteiger partial charge >= 0.3 is 5.97 Å². The Labute approximate surface area is 152 Å². The Morgan fingerprint density at radius 2 is 2.00 bits per heavy atom. The molecule has 136 valence electrons. The van der Waals surface area contributed by atoms with Crippen LogP contribution in [0.3, 0.4) is 0 Å². The summed E-state index contributed by atoms with van der Waals surface area (Å²) < 4.78 is 13.5. The summed E-state index contributed by atoms with van der Waals surface area (Å²) in [6.45, 7) is 4.29. The molecule has 1 aliphatic carbocycles. The Bertz CT molecular complexity index is 681. The minimum Gasteiger partial charge on any atom is -0.481 e. The number of likely N-dealkylation sites (tertiary alicyclic amines) is 2. The van der Waals surface area contributed by atoms with E-state index in [9.17, 15) is 14.3 Å². The summed E-state index contributed by atoms with van der Waals surface area (Å²) in [4.78, 5) is 16.6. The van der Waals surface area contributed by atoms with Crippen LogP contribution in [-0.2, 0) is 11.3 Å². The zero-order valence-corrected chi connectivity index (χ0v) is 15.0. The molecule has 2 saturated heterocycles. The van der Waals surface area contributed by atoms with E-state index in [1.807, 2.05) is 0 Å². The van der Waals surface area contributed by atoms with Crippen molar-refractivity contribution in [1.82, 2.24) is 9.80 Å². The fourth-order valence-electron chi connectivity index (χ4n) is 4.78. The van der Waals surface area contributed by atoms with Crippen molar-refractivity contribution in [3.8, 4) is 0 Å². The van der Waals surface area contributed by atoms with Crippen molar-refractivity contribution in [3.63, 3.8) is 0 Å². The van der Waals surface area contributed by atoms with Gasteiger partial charge < -0.3 is 10.0 Å². The predicted molar refractivity (Wildman–Crippen MR) is 94.0 cm³/mol. The SMILES string of the molecule is O=C(O)[C@]12CN(Cc3cc(F)ccc3Cl)C[C@H]1CN(CC1CCC1)C2. The summed E-state index contributed by atoms with van der Waals surface area (Å²) in [5, 5.41) is 10.5. The smallest absolute Gasteiger partial charge is 0.312 e. The number of carboxylic acids is 1. The van der Waals surface area contributed by atoms with Crippen LogP contribution >= 0.6 is 11.6 Å². The first-order valence-electron chi connectivity index (χ1n) is 9.08. The summed E-state index contributed by atoms with van der Waals surface area (Å²) in [7, 11) is 0. The average molecular weight is 367 g/mol. The van der Waals surface area contributed by atoms with E-state index in [-0.39, 0.29) is 11.7 Å². The lowest BCUT2D eigenvalue weighted by molar-refractivity contribution is -0.149. The van der Waals surface area contributed by atoms with Gasteiger partial charge in [0.15, 0.2) is 0 Å². The van der Waals surface area contributed by atoms with Crippen LogP contribution in [0, 0.1) is 23.1 Å². The van der Waals surface area contributed by atoms with E-state index < -0.39 is 11.4 Å². The second kappa shape index (κ2) is 6.53. The van der Waals surface area contributed by atoms with Gasteiger partial charge in [-0.3, -0.25) is 9.69 Å². The van der Waals surface area contributed by atoms with Crippen molar-refractivity contribution in [3.05, 3.63) is 34.6 Å². The van der Waals surface area contributed by atoms with Crippen LogP contribution in [0.4, 0.5) is 4.39 Å². The van der Waals surface area contributed by atoms with Crippen molar-refractivity contribution < 1.29 is 14.3 Å². The Kier molecular flexibility index (Phi) is 4.50. The van der Waals surface area contributed by atoms with E-state index in [1.165, 1.54) is 31.4 Å². The number of rotatable bonds is 5. The predicted octanol–water partition coefficient (Wildman–Crippen LogP) is 3.10. The van der Waals surface area contributed by atoms with Crippen LogP contribution in [0.5, 0.6) is 0 Å². The summed E-state index contributed by atoms with van der Waals surface area (Å²) in [5.41, 5.74) is 0.0392. The quantitative estimate of drug-likeness (QED) is 0.869. The van der Waals surface area contributed by atoms with Gasteiger partial charge in [-0.15, -0.1) is 0 Å². The number of carbonyl (C=O) groups is 1. The van der Waals surface area contributed by atoms with Crippen LogP contribution in [0.15, 0.2) is 18.2 Å². The largest absolute Gasteiger partial charge is 0.481 e. The van der Waals surface area contributed by atoms with E-state index in [1.54, 1.807) is 6.07 Å². The molecule has 1 aromatic rings. The molecule has 25 heavy (non-hydrogen) atoms. The first-order chi connectivity index (χ1) is 12.0. The number of hydrogen-bond acceptors (Lipinski definition) is 3. The van der Waals surface area contributed by atoms with E-state index in [0.717, 1.165) is 31.1 Å². The van der Waals surface area contributed by atoms with Crippen molar-refractivity contribution in [2.24, 2.45) is 17.3 Å². The highest BCUT2D eigenvalue weighted by Crippen LogP contribution is 2.44. The highest BCUT2D eigenvalue weighted by atomic mass is 35.5. The first kappa shape index (κ1) is 17.3. The lowest BCUT2D eigenvalue weighted by Gasteiger charge is -2.31. The molecule has 0 spiro atoms. The summed E-state index contributed by atoms with van der Waals surface area (Å²) >= 11 is 6.18. The molecule has 0 unspecified atom stereocenters. The monoisotopic (exact) mass is 366 g/mol. The number of halogens is 2. The number of benzene rings is 1. The lowest BCUT2D eigenvalue weighted by Crippen LogP contribution is -2.41. The highest BCUT2D eigenvalue weighted by molar-refractivity contribution is 6.31. The topological polar surface area (TPSA) is 43.8 Å². The van der Waals surface area contributed by atoms with Gasteiger partial charge in [-0.2, -0.15) is 0 Å². The molecule has 6 heteroatoms. The standard InChI is InChI=1S/C19H24ClFN2O2/c20-17-5-4-16(21)6-14(17)8-23-10-15-9-22(7-13-2-1-3-13)11-19(15,12-23)18(24)25/h4-6,13,15H,1-3,7-12H2,(H,24,25)/t15-,19-/m1/s1. The number of aliphatic carboxylic acids is 1. The molecule has 0 radical (unpaired) electrons. The molecule has 1 N–H and O–H groups in total. The molecule has 1 aromatic carbocycles. The maximum Gasteiger partial charge on any atom is 0.312 e. The van der Waals surface area contributed by atoms with Crippen LogP contribution in [0.25, 0.3) is 0 Å². The molecule has 2 aliphatic heterocycles. The Balaban J connectivity index is 1.45. The summed E-state index contributed by atoms with van der Waals surface area (Å²) in [5.74, 6) is -0.107. The third-order valence-electron chi connectivity index (χ3n) is 6.32. The van der Waals surface area contributed by atoms with Crippen LogP contribution in [0.2, 0.25) is 5.02 Å². The molecule has 4 nitrogen and oxygen atoms in total. The maximum atomic E-state index is 13.5. The molecule has 2 atom stereocenters. The molecule has 0 amide bonds. The minimum absolute atomic E-state index is 0.136. The third-order valence-corrected chi connectivity index (χ3v) is 6.69. The fourth-order valence-corrected chi connectivity index (χ4v) is 4.96. The van der Waals surface area contributed by atoms with Crippen LogP contribution in [0.1, 0.15) is 24.8 Å². The van der Waals surface area contributed by atoms with Crippen molar-refractivity contribution in [2.75, 3.05) is 32.7 Å². The first-order valence-corrected chi connectivity index (χ1v) is 9.46. The highest BCUT2D eigenvalue weighted by Gasteiger charge is 2.57. The van der Waals surface area contributed by atoms with E-state index in [0.29, 0.717) is 24.7 Å². The zero-order chi connectivity index (χ0) is 17.6. The van der Waals surface area contributed by atoms with E-state index in [2.05, 4.69) is 9.80 Å². The number of fused-ring (bicyclic) bond motifs is 1. The normalized spacial score (nSPS) is 30.4. The molecule has 0 aromatic heterocycles. The van der Waals surface area contributed by atoms with Gasteiger partial charge in [-0.25, -0.2) is 4.39 Å². The average Bonchev–Trinajstić information content (AvgIpc) is 3.01. The van der Waals surface area contributed by atoms with Crippen molar-refractivity contribution >= 4 is 17.6 Å². The second-order valence-corrected chi connectivity index (χ2v) is 8.46. The van der Waals surface area contributed by atoms with E-state index >= 15 is 0 Å². The van der Waals surface area contributed by atoms with Gasteiger partial charge in [0.2, 0.25) is 0 Å². The number of carboxylic acid groups (broad SMARTS) is 1. The fraction of sp³-hybridized carbons (Fsp3) is 0.632. The maximum absolute atomic E-state index is 13.5. The molecular weight excluding hydrogens is 343 g/mol. The Hall–Kier alpha value is -1.17. The Morgan fingerprint density at radius 1 is 1.28 bits per heavy atom. The van der Waals surface area contributed by atoms with Gasteiger partial charge in [0.25, 0.3) is 0 Å². The molecule has 4 rings (SSSR count). The van der Waals surface area contributed by atoms with Gasteiger partial charge in [0, 0.05) is 50.2 Å². The number of hydrogen-bond donors (Lipinski definition) is 1. The van der Waals surface area contributed by atoms with Gasteiger partial charge in [-0.05, 0) is 42.5 Å². The van der Waals surface area contributed by atoms with Gasteiger partial charge in [0.1, 0.15) is 5.82 Å². The van der Waals surface area contributed by atoms with Crippen LogP contribution in [-0.4, -0.2) is 53.6 Å². The van der Waals surface area contributed by atoms with Crippen molar-refractivity contribution in [1.29, 1.82) is 0 Å². The molecular formula is C19H24ClFN2O2. The molecule has 0 bridgehead atoms. The molecule has 1 saturated carbocycles. The molecule has 3 fully saturated rings. The summed E-state index contributed by atoms with van der Waals surface area (Å²) in [6.07, 6.45) is 3.88. The van der Waals surface area contributed by atoms with Gasteiger partial charge in [0.05, 0.1) is 5.41 Å².